The molecular formula is C20H19N5O5S. The lowest BCUT2D eigenvalue weighted by atomic mass is 10.2. The monoisotopic (exact) mass is 441 g/mol. The summed E-state index contributed by atoms with van der Waals surface area (Å²) < 4.78 is 5.04. The van der Waals surface area contributed by atoms with Gasteiger partial charge in [0.15, 0.2) is 10.9 Å². The number of para-hydroxylation sites is 2. The van der Waals surface area contributed by atoms with E-state index in [0.29, 0.717) is 42.7 Å². The summed E-state index contributed by atoms with van der Waals surface area (Å²) in [5.41, 5.74) is 1.20. The molecule has 1 aliphatic rings. The summed E-state index contributed by atoms with van der Waals surface area (Å²) >= 11 is 1.24. The van der Waals surface area contributed by atoms with Crippen LogP contribution in [0.15, 0.2) is 52.5 Å². The number of carbonyl (C=O) groups excluding carboxylic acids is 2. The number of rotatable bonds is 6. The molecule has 1 aliphatic heterocycles. The molecule has 0 aliphatic carbocycles. The molecule has 160 valence electrons. The number of carbonyl (C=O) groups is 2. The van der Waals surface area contributed by atoms with E-state index in [0.717, 1.165) is 0 Å². The summed E-state index contributed by atoms with van der Waals surface area (Å²) in [6, 6.07) is 9.79. The van der Waals surface area contributed by atoms with Crippen LogP contribution in [0.4, 0.5) is 16.5 Å². The van der Waals surface area contributed by atoms with Crippen LogP contribution in [0.5, 0.6) is 0 Å². The number of nitro groups is 1. The lowest BCUT2D eigenvalue weighted by molar-refractivity contribution is -0.384. The molecule has 1 saturated heterocycles. The first-order valence-electron chi connectivity index (χ1n) is 9.56. The Hall–Kier alpha value is -3.73. The Morgan fingerprint density at radius 2 is 1.94 bits per heavy atom. The second kappa shape index (κ2) is 8.96. The number of thiazole rings is 1. The molecule has 3 aromatic rings. The van der Waals surface area contributed by atoms with Crippen LogP contribution in [0.3, 0.4) is 0 Å². The van der Waals surface area contributed by atoms with Crippen LogP contribution in [0.2, 0.25) is 0 Å². The molecule has 0 bridgehead atoms. The van der Waals surface area contributed by atoms with Crippen molar-refractivity contribution in [1.29, 1.82) is 0 Å². The molecule has 31 heavy (non-hydrogen) atoms. The molecule has 0 unspecified atom stereocenters. The normalized spacial score (nSPS) is 13.8. The van der Waals surface area contributed by atoms with Gasteiger partial charge in [-0.05, 0) is 18.2 Å². The van der Waals surface area contributed by atoms with E-state index >= 15 is 0 Å². The molecule has 0 radical (unpaired) electrons. The Morgan fingerprint density at radius 3 is 2.65 bits per heavy atom. The zero-order valence-electron chi connectivity index (χ0n) is 16.4. The van der Waals surface area contributed by atoms with Crippen LogP contribution in [-0.4, -0.2) is 52.8 Å². The molecule has 1 N–H and O–H groups in total. The number of benzene rings is 1. The number of piperazine rings is 1. The van der Waals surface area contributed by atoms with Crippen LogP contribution < -0.4 is 10.2 Å². The second-order valence-corrected chi connectivity index (χ2v) is 7.72. The molecule has 10 nitrogen and oxygen atoms in total. The van der Waals surface area contributed by atoms with Crippen LogP contribution in [0, 0.1) is 10.1 Å². The van der Waals surface area contributed by atoms with Crippen molar-refractivity contribution in [2.75, 3.05) is 36.4 Å². The van der Waals surface area contributed by atoms with Crippen molar-refractivity contribution in [3.63, 3.8) is 0 Å². The van der Waals surface area contributed by atoms with E-state index in [-0.39, 0.29) is 23.8 Å². The maximum absolute atomic E-state index is 12.7. The highest BCUT2D eigenvalue weighted by molar-refractivity contribution is 7.14. The minimum atomic E-state index is -0.400. The fourth-order valence-corrected chi connectivity index (χ4v) is 4.07. The predicted octanol–water partition coefficient (Wildman–Crippen LogP) is 2.79. The molecule has 2 amide bonds. The maximum atomic E-state index is 12.7. The van der Waals surface area contributed by atoms with Crippen molar-refractivity contribution in [3.8, 4) is 0 Å². The van der Waals surface area contributed by atoms with Gasteiger partial charge in [-0.3, -0.25) is 25.0 Å². The molecule has 1 aromatic carbocycles. The van der Waals surface area contributed by atoms with Crippen molar-refractivity contribution < 1.29 is 18.9 Å². The summed E-state index contributed by atoms with van der Waals surface area (Å²) in [6.07, 6.45) is 1.54. The Balaban J connectivity index is 1.31. The first-order chi connectivity index (χ1) is 15.0. The van der Waals surface area contributed by atoms with E-state index in [1.165, 1.54) is 23.7 Å². The number of anilines is 2. The van der Waals surface area contributed by atoms with Gasteiger partial charge in [-0.2, -0.15) is 0 Å². The zero-order chi connectivity index (χ0) is 21.8. The van der Waals surface area contributed by atoms with Gasteiger partial charge in [0.1, 0.15) is 5.69 Å². The van der Waals surface area contributed by atoms with Crippen molar-refractivity contribution in [2.24, 2.45) is 0 Å². The number of hydrogen-bond donors (Lipinski definition) is 1. The number of hydrogen-bond acceptors (Lipinski definition) is 8. The first-order valence-corrected chi connectivity index (χ1v) is 10.4. The van der Waals surface area contributed by atoms with Crippen molar-refractivity contribution >= 4 is 39.7 Å². The number of nitrogens with one attached hydrogen (secondary N) is 1. The molecule has 1 fully saturated rings. The molecule has 0 spiro atoms. The number of furan rings is 1. The third-order valence-electron chi connectivity index (χ3n) is 4.90. The van der Waals surface area contributed by atoms with Gasteiger partial charge >= 0.3 is 0 Å². The lowest BCUT2D eigenvalue weighted by Gasteiger charge is -2.35. The number of aromatic nitrogens is 1. The average Bonchev–Trinajstić information content (AvgIpc) is 3.46. The van der Waals surface area contributed by atoms with Crippen molar-refractivity contribution in [3.05, 3.63) is 69.6 Å². The van der Waals surface area contributed by atoms with Gasteiger partial charge < -0.3 is 14.2 Å². The topological polar surface area (TPSA) is 122 Å². The highest BCUT2D eigenvalue weighted by Crippen LogP contribution is 2.28. The van der Waals surface area contributed by atoms with Gasteiger partial charge in [-0.15, -0.1) is 11.3 Å². The molecule has 2 aromatic heterocycles. The number of nitrogens with zero attached hydrogens (tertiary/aromatic N) is 4. The predicted molar refractivity (Wildman–Crippen MR) is 114 cm³/mol. The minimum absolute atomic E-state index is 0.0638. The third-order valence-corrected chi connectivity index (χ3v) is 5.71. The average molecular weight is 441 g/mol. The summed E-state index contributed by atoms with van der Waals surface area (Å²) in [7, 11) is 0. The van der Waals surface area contributed by atoms with E-state index in [4.69, 9.17) is 4.42 Å². The van der Waals surface area contributed by atoms with Crippen LogP contribution >= 0.6 is 11.3 Å². The van der Waals surface area contributed by atoms with E-state index in [2.05, 4.69) is 10.3 Å². The van der Waals surface area contributed by atoms with E-state index in [1.807, 2.05) is 4.90 Å². The van der Waals surface area contributed by atoms with Gasteiger partial charge in [0.25, 0.3) is 11.6 Å². The van der Waals surface area contributed by atoms with Gasteiger partial charge in [-0.25, -0.2) is 4.98 Å². The SMILES string of the molecule is O=C(Nc1nc(CC(=O)N2CCN(c3ccccc3[N+](=O)[O-])CC2)cs1)c1ccco1. The molecule has 11 heteroatoms. The fraction of sp³-hybridized carbons (Fsp3) is 0.250. The van der Waals surface area contributed by atoms with Crippen LogP contribution in [-0.2, 0) is 11.2 Å². The maximum Gasteiger partial charge on any atom is 0.293 e. The summed E-state index contributed by atoms with van der Waals surface area (Å²) in [6.45, 7) is 1.96. The lowest BCUT2D eigenvalue weighted by Crippen LogP contribution is -2.49. The van der Waals surface area contributed by atoms with E-state index < -0.39 is 10.8 Å². The second-order valence-electron chi connectivity index (χ2n) is 6.87. The number of nitro benzene ring substituents is 1. The van der Waals surface area contributed by atoms with Crippen molar-refractivity contribution in [1.82, 2.24) is 9.88 Å². The summed E-state index contributed by atoms with van der Waals surface area (Å²) in [4.78, 5) is 43.5. The summed E-state index contributed by atoms with van der Waals surface area (Å²) in [5.74, 6) is -0.288. The molecule has 4 rings (SSSR count). The molecule has 3 heterocycles. The minimum Gasteiger partial charge on any atom is -0.459 e. The van der Waals surface area contributed by atoms with E-state index in [9.17, 15) is 19.7 Å². The number of amides is 2. The zero-order valence-corrected chi connectivity index (χ0v) is 17.2. The smallest absolute Gasteiger partial charge is 0.293 e. The highest BCUT2D eigenvalue weighted by Gasteiger charge is 2.26. The molecular weight excluding hydrogens is 422 g/mol. The van der Waals surface area contributed by atoms with Gasteiger partial charge in [0.05, 0.1) is 23.3 Å². The Kier molecular flexibility index (Phi) is 5.94. The molecule has 0 atom stereocenters. The quantitative estimate of drug-likeness (QED) is 0.461. The fourth-order valence-electron chi connectivity index (χ4n) is 3.36. The van der Waals surface area contributed by atoms with Gasteiger partial charge in [-0.1, -0.05) is 12.1 Å². The Bertz CT molecular complexity index is 1090. The Morgan fingerprint density at radius 1 is 1.16 bits per heavy atom. The first kappa shape index (κ1) is 20.5. The summed E-state index contributed by atoms with van der Waals surface area (Å²) in [5, 5.41) is 16.0. The molecule has 0 saturated carbocycles. The third kappa shape index (κ3) is 4.72. The van der Waals surface area contributed by atoms with Gasteiger partial charge in [0.2, 0.25) is 5.91 Å². The highest BCUT2D eigenvalue weighted by atomic mass is 32.1. The Labute approximate surface area is 181 Å². The van der Waals surface area contributed by atoms with E-state index in [1.54, 1.807) is 40.6 Å². The van der Waals surface area contributed by atoms with Crippen LogP contribution in [0.25, 0.3) is 0 Å². The van der Waals surface area contributed by atoms with Crippen LogP contribution in [0.1, 0.15) is 16.2 Å². The van der Waals surface area contributed by atoms with Gasteiger partial charge in [0, 0.05) is 37.6 Å². The van der Waals surface area contributed by atoms with Crippen molar-refractivity contribution in [2.45, 2.75) is 6.42 Å². The largest absolute Gasteiger partial charge is 0.459 e. The standard InChI is InChI=1S/C20H19N5O5S/c26-18(12-14-13-31-20(21-14)22-19(27)17-6-3-11-30-17)24-9-7-23(8-10-24)15-4-1-2-5-16(15)25(28)29/h1-6,11,13H,7-10,12H2,(H,21,22,27).